The number of nitro benzene ring substituents is 1. The summed E-state index contributed by atoms with van der Waals surface area (Å²) >= 11 is 0. The van der Waals surface area contributed by atoms with Gasteiger partial charge in [0.25, 0.3) is 11.6 Å². The largest absolute Gasteiger partial charge is 0.364 e. The number of nitrogens with two attached hydrogens (primary N) is 1. The highest BCUT2D eigenvalue weighted by atomic mass is 16.6. The van der Waals surface area contributed by atoms with Crippen molar-refractivity contribution in [2.45, 2.75) is 6.92 Å². The smallest absolute Gasteiger partial charge is 0.281 e. The summed E-state index contributed by atoms with van der Waals surface area (Å²) in [5, 5.41) is 20.6. The van der Waals surface area contributed by atoms with Gasteiger partial charge in [-0.25, -0.2) is 0 Å². The van der Waals surface area contributed by atoms with Gasteiger partial charge in [0.15, 0.2) is 5.69 Å². The molecule has 3 N–H and O–H groups in total. The van der Waals surface area contributed by atoms with E-state index in [2.05, 4.69) is 15.4 Å². The number of nitrogens with one attached hydrogen (secondary N) is 1. The fourth-order valence-electron chi connectivity index (χ4n) is 1.68. The van der Waals surface area contributed by atoms with E-state index in [0.29, 0.717) is 5.56 Å². The number of rotatable bonds is 3. The number of nitro groups is 1. The number of aryl methyl sites for hydroxylation is 1. The predicted octanol–water partition coefficient (Wildman–Crippen LogP) is 0.787. The summed E-state index contributed by atoms with van der Waals surface area (Å²) in [5.41, 5.74) is 5.65. The Hall–Kier alpha value is -2.77. The van der Waals surface area contributed by atoms with Crippen molar-refractivity contribution in [1.82, 2.24) is 15.4 Å². The van der Waals surface area contributed by atoms with Crippen molar-refractivity contribution in [2.24, 2.45) is 5.73 Å². The molecule has 0 bridgehead atoms. The maximum Gasteiger partial charge on any atom is 0.281 e. The zero-order chi connectivity index (χ0) is 13.3. The maximum atomic E-state index is 11.2. The summed E-state index contributed by atoms with van der Waals surface area (Å²) < 4.78 is 0. The van der Waals surface area contributed by atoms with E-state index in [1.54, 1.807) is 19.1 Å². The van der Waals surface area contributed by atoms with Gasteiger partial charge in [-0.05, 0) is 13.0 Å². The van der Waals surface area contributed by atoms with Gasteiger partial charge in [-0.2, -0.15) is 15.4 Å². The Morgan fingerprint density at radius 2 is 2.17 bits per heavy atom. The Morgan fingerprint density at radius 1 is 1.44 bits per heavy atom. The number of aromatic nitrogens is 3. The molecule has 8 heteroatoms. The van der Waals surface area contributed by atoms with E-state index in [-0.39, 0.29) is 22.6 Å². The summed E-state index contributed by atoms with van der Waals surface area (Å²) in [6, 6.07) is 4.73. The number of benzene rings is 1. The first-order valence-corrected chi connectivity index (χ1v) is 4.97. The third kappa shape index (κ3) is 1.79. The lowest BCUT2D eigenvalue weighted by molar-refractivity contribution is -0.384. The molecule has 0 aliphatic heterocycles. The molecule has 0 fully saturated rings. The average Bonchev–Trinajstić information content (AvgIpc) is 2.76. The zero-order valence-corrected chi connectivity index (χ0v) is 9.38. The monoisotopic (exact) mass is 247 g/mol. The van der Waals surface area contributed by atoms with Crippen LogP contribution in [-0.2, 0) is 0 Å². The number of hydrogen-bond acceptors (Lipinski definition) is 5. The molecule has 8 nitrogen and oxygen atoms in total. The molecule has 0 saturated carbocycles. The van der Waals surface area contributed by atoms with E-state index in [1.807, 2.05) is 0 Å². The van der Waals surface area contributed by atoms with Crippen molar-refractivity contribution >= 4 is 11.6 Å². The lowest BCUT2D eigenvalue weighted by Gasteiger charge is -2.03. The molecule has 1 aromatic heterocycles. The van der Waals surface area contributed by atoms with Crippen LogP contribution in [0.3, 0.4) is 0 Å². The molecule has 1 aromatic carbocycles. The van der Waals surface area contributed by atoms with Crippen LogP contribution in [0.5, 0.6) is 0 Å². The Balaban J connectivity index is 2.71. The summed E-state index contributed by atoms with van der Waals surface area (Å²) in [4.78, 5) is 21.7. The number of hydrogen-bond donors (Lipinski definition) is 2. The van der Waals surface area contributed by atoms with Gasteiger partial charge in [0.05, 0.1) is 10.5 Å². The van der Waals surface area contributed by atoms with Gasteiger partial charge in [0.1, 0.15) is 5.69 Å². The highest BCUT2D eigenvalue weighted by Gasteiger charge is 2.24. The van der Waals surface area contributed by atoms with Gasteiger partial charge < -0.3 is 5.73 Å². The Labute approximate surface area is 101 Å². The third-order valence-corrected chi connectivity index (χ3v) is 2.46. The Kier molecular flexibility index (Phi) is 2.76. The van der Waals surface area contributed by atoms with Crippen LogP contribution in [0, 0.1) is 17.0 Å². The summed E-state index contributed by atoms with van der Waals surface area (Å²) in [5.74, 6) is -0.797. The standard InChI is InChI=1S/C10H9N5O3/c1-5-3-2-4-6(9(5)15(17)18)7-8(10(11)16)13-14-12-7/h2-4H,1H3,(H2,11,16)(H,12,13,14). The van der Waals surface area contributed by atoms with E-state index in [9.17, 15) is 14.9 Å². The van der Waals surface area contributed by atoms with Crippen LogP contribution in [0.1, 0.15) is 16.1 Å². The van der Waals surface area contributed by atoms with Gasteiger partial charge in [0.2, 0.25) is 0 Å². The molecule has 0 radical (unpaired) electrons. The van der Waals surface area contributed by atoms with Crippen molar-refractivity contribution in [3.63, 3.8) is 0 Å². The topological polar surface area (TPSA) is 128 Å². The second-order valence-electron chi connectivity index (χ2n) is 3.61. The fraction of sp³-hybridized carbons (Fsp3) is 0.100. The van der Waals surface area contributed by atoms with Crippen molar-refractivity contribution in [3.05, 3.63) is 39.6 Å². The van der Waals surface area contributed by atoms with Crippen molar-refractivity contribution in [2.75, 3.05) is 0 Å². The Bertz CT molecular complexity index is 634. The van der Waals surface area contributed by atoms with Gasteiger partial charge in [-0.1, -0.05) is 12.1 Å². The lowest BCUT2D eigenvalue weighted by atomic mass is 10.0. The summed E-state index contributed by atoms with van der Waals surface area (Å²) in [6.07, 6.45) is 0. The first-order valence-electron chi connectivity index (χ1n) is 4.97. The maximum absolute atomic E-state index is 11.2. The summed E-state index contributed by atoms with van der Waals surface area (Å²) in [6.45, 7) is 1.60. The van der Waals surface area contributed by atoms with Crippen LogP contribution in [0.4, 0.5) is 5.69 Å². The van der Waals surface area contributed by atoms with E-state index >= 15 is 0 Å². The quantitative estimate of drug-likeness (QED) is 0.612. The first-order chi connectivity index (χ1) is 8.52. The number of aromatic amines is 1. The SMILES string of the molecule is Cc1cccc(-c2n[nH]nc2C(N)=O)c1[N+](=O)[O-]. The Morgan fingerprint density at radius 3 is 2.78 bits per heavy atom. The van der Waals surface area contributed by atoms with Crippen LogP contribution < -0.4 is 5.73 Å². The van der Waals surface area contributed by atoms with Crippen LogP contribution in [-0.4, -0.2) is 26.2 Å². The molecule has 0 aliphatic rings. The fourth-order valence-corrected chi connectivity index (χ4v) is 1.68. The number of para-hydroxylation sites is 1. The predicted molar refractivity (Wildman–Crippen MR) is 61.7 cm³/mol. The third-order valence-electron chi connectivity index (χ3n) is 2.46. The second kappa shape index (κ2) is 4.24. The van der Waals surface area contributed by atoms with Gasteiger partial charge >= 0.3 is 0 Å². The molecule has 2 aromatic rings. The van der Waals surface area contributed by atoms with Crippen molar-refractivity contribution in [1.29, 1.82) is 0 Å². The molecule has 18 heavy (non-hydrogen) atoms. The number of H-pyrrole nitrogens is 1. The highest BCUT2D eigenvalue weighted by molar-refractivity contribution is 5.97. The normalized spacial score (nSPS) is 10.3. The van der Waals surface area contributed by atoms with Crippen LogP contribution in [0.15, 0.2) is 18.2 Å². The minimum Gasteiger partial charge on any atom is -0.364 e. The average molecular weight is 247 g/mol. The number of nitrogens with zero attached hydrogens (tertiary/aromatic N) is 3. The lowest BCUT2D eigenvalue weighted by Crippen LogP contribution is -2.13. The first kappa shape index (κ1) is 11.7. The second-order valence-corrected chi connectivity index (χ2v) is 3.61. The molecule has 0 unspecified atom stereocenters. The van der Waals surface area contributed by atoms with Crippen LogP contribution in [0.25, 0.3) is 11.3 Å². The van der Waals surface area contributed by atoms with Crippen molar-refractivity contribution in [3.8, 4) is 11.3 Å². The molecule has 0 saturated heterocycles. The molecule has 1 heterocycles. The number of amides is 1. The van der Waals surface area contributed by atoms with E-state index < -0.39 is 10.8 Å². The molecule has 0 aliphatic carbocycles. The van der Waals surface area contributed by atoms with E-state index in [4.69, 9.17) is 5.73 Å². The molecule has 1 amide bonds. The number of primary amides is 1. The van der Waals surface area contributed by atoms with Gasteiger partial charge in [-0.15, -0.1) is 0 Å². The number of carbonyl (C=O) groups excluding carboxylic acids is 1. The van der Waals surface area contributed by atoms with Crippen molar-refractivity contribution < 1.29 is 9.72 Å². The van der Waals surface area contributed by atoms with Gasteiger partial charge in [0, 0.05) is 5.56 Å². The molecule has 0 atom stereocenters. The van der Waals surface area contributed by atoms with E-state index in [1.165, 1.54) is 6.07 Å². The molecular weight excluding hydrogens is 238 g/mol. The van der Waals surface area contributed by atoms with E-state index in [0.717, 1.165) is 0 Å². The number of carbonyl (C=O) groups is 1. The zero-order valence-electron chi connectivity index (χ0n) is 9.38. The minimum absolute atomic E-state index is 0.0814. The van der Waals surface area contributed by atoms with Crippen LogP contribution in [0.2, 0.25) is 0 Å². The summed E-state index contributed by atoms with van der Waals surface area (Å²) in [7, 11) is 0. The molecule has 0 spiro atoms. The van der Waals surface area contributed by atoms with Gasteiger partial charge in [-0.3, -0.25) is 14.9 Å². The van der Waals surface area contributed by atoms with Crippen LogP contribution >= 0.6 is 0 Å². The molecular formula is C10H9N5O3. The minimum atomic E-state index is -0.797. The molecule has 92 valence electrons. The highest BCUT2D eigenvalue weighted by Crippen LogP contribution is 2.32. The molecule has 2 rings (SSSR count).